The van der Waals surface area contributed by atoms with E-state index >= 15 is 0 Å². The molecule has 4 aromatic carbocycles. The third kappa shape index (κ3) is 6.02. The van der Waals surface area contributed by atoms with Crippen LogP contribution in [0.25, 0.3) is 0 Å². The average Bonchev–Trinajstić information content (AvgIpc) is 2.93. The topological polar surface area (TPSA) is 78.8 Å². The molecule has 0 aromatic heterocycles. The molecule has 0 saturated heterocycles. The Morgan fingerprint density at radius 3 is 2.14 bits per heavy atom. The van der Waals surface area contributed by atoms with E-state index in [4.69, 9.17) is 0 Å². The minimum absolute atomic E-state index is 0.0629. The maximum atomic E-state index is 13.7. The van der Waals surface area contributed by atoms with E-state index in [9.17, 15) is 13.2 Å². The Morgan fingerprint density at radius 1 is 0.861 bits per heavy atom. The number of sulfonamides is 1. The van der Waals surface area contributed by atoms with Gasteiger partial charge in [0.15, 0.2) is 0 Å². The summed E-state index contributed by atoms with van der Waals surface area (Å²) in [6.45, 7) is 0.0629. The number of hydrogen-bond acceptors (Lipinski definition) is 5. The van der Waals surface area contributed by atoms with E-state index in [1.807, 2.05) is 60.9 Å². The molecule has 6 nitrogen and oxygen atoms in total. The summed E-state index contributed by atoms with van der Waals surface area (Å²) in [7, 11) is -3.97. The van der Waals surface area contributed by atoms with Gasteiger partial charge < -0.3 is 0 Å². The quantitative estimate of drug-likeness (QED) is 0.180. The van der Waals surface area contributed by atoms with Gasteiger partial charge in [-0.25, -0.2) is 13.8 Å². The van der Waals surface area contributed by atoms with Crippen LogP contribution in [0.1, 0.15) is 21.5 Å². The second-order valence-corrected chi connectivity index (χ2v) is 10.5. The molecule has 0 saturated carbocycles. The molecule has 182 valence electrons. The fourth-order valence-electron chi connectivity index (χ4n) is 3.57. The lowest BCUT2D eigenvalue weighted by atomic mass is 10.1. The van der Waals surface area contributed by atoms with E-state index in [-0.39, 0.29) is 22.7 Å². The van der Waals surface area contributed by atoms with Crippen LogP contribution in [0.5, 0.6) is 0 Å². The van der Waals surface area contributed by atoms with Crippen LogP contribution in [0.15, 0.2) is 124 Å². The highest BCUT2D eigenvalue weighted by atomic mass is 32.2. The molecule has 0 heterocycles. The smallest absolute Gasteiger partial charge is 0.267 e. The highest BCUT2D eigenvalue weighted by Crippen LogP contribution is 2.29. The van der Waals surface area contributed by atoms with Crippen molar-refractivity contribution in [2.45, 2.75) is 16.3 Å². The summed E-state index contributed by atoms with van der Waals surface area (Å²) in [6.07, 6.45) is 3.55. The molecule has 0 aliphatic carbocycles. The van der Waals surface area contributed by atoms with Crippen LogP contribution in [0.3, 0.4) is 0 Å². The molecule has 0 aliphatic heterocycles. The normalized spacial score (nSPS) is 11.4. The summed E-state index contributed by atoms with van der Waals surface area (Å²) >= 11 is 1.64. The van der Waals surface area contributed by atoms with Crippen LogP contribution in [0.2, 0.25) is 0 Å². The van der Waals surface area contributed by atoms with Crippen LogP contribution in [-0.4, -0.2) is 26.8 Å². The lowest BCUT2D eigenvalue weighted by Gasteiger charge is -2.26. The summed E-state index contributed by atoms with van der Waals surface area (Å²) in [6, 6.07) is 31.8. The van der Waals surface area contributed by atoms with Gasteiger partial charge in [-0.15, -0.1) is 11.8 Å². The van der Waals surface area contributed by atoms with Crippen LogP contribution in [0, 0.1) is 0 Å². The number of amides is 1. The maximum Gasteiger partial charge on any atom is 0.273 e. The molecule has 0 unspecified atom stereocenters. The molecule has 0 aliphatic rings. The third-order valence-electron chi connectivity index (χ3n) is 5.41. The first-order valence-electron chi connectivity index (χ1n) is 11.2. The maximum absolute atomic E-state index is 13.7. The van der Waals surface area contributed by atoms with Gasteiger partial charge in [-0.05, 0) is 53.8 Å². The van der Waals surface area contributed by atoms with Crippen molar-refractivity contribution in [1.29, 1.82) is 0 Å². The largest absolute Gasteiger partial charge is 0.273 e. The fraction of sp³-hybridized carbons (Fsp3) is 0.0714. The van der Waals surface area contributed by atoms with Crippen LogP contribution < -0.4 is 9.73 Å². The van der Waals surface area contributed by atoms with Crippen molar-refractivity contribution in [1.82, 2.24) is 5.43 Å². The van der Waals surface area contributed by atoms with E-state index in [1.54, 1.807) is 72.6 Å². The fourth-order valence-corrected chi connectivity index (χ4v) is 5.47. The number of hydrazone groups is 1. The number of nitrogens with one attached hydrogen (secondary N) is 1. The lowest BCUT2D eigenvalue weighted by molar-refractivity contribution is 0.0956. The molecule has 0 bridgehead atoms. The molecule has 0 radical (unpaired) electrons. The second kappa shape index (κ2) is 11.7. The number of nitrogens with zero attached hydrogens (tertiary/aromatic N) is 2. The van der Waals surface area contributed by atoms with Crippen molar-refractivity contribution in [2.24, 2.45) is 5.10 Å². The van der Waals surface area contributed by atoms with Crippen molar-refractivity contribution in [3.63, 3.8) is 0 Å². The minimum Gasteiger partial charge on any atom is -0.267 e. The molecule has 0 spiro atoms. The number of para-hydroxylation sites is 1. The Bertz CT molecular complexity index is 1440. The number of rotatable bonds is 9. The number of carbonyl (C=O) groups excluding carboxylic acids is 1. The van der Waals surface area contributed by atoms with Gasteiger partial charge in [-0.1, -0.05) is 72.8 Å². The predicted molar refractivity (Wildman–Crippen MR) is 146 cm³/mol. The Morgan fingerprint density at radius 2 is 1.47 bits per heavy atom. The zero-order chi connectivity index (χ0) is 25.4. The zero-order valence-electron chi connectivity index (χ0n) is 19.6. The molecule has 4 aromatic rings. The molecule has 1 N–H and O–H groups in total. The SMILES string of the molecule is CSc1ccc(/C=N\NC(=O)c2ccccc2N(Cc2ccccc2)S(=O)(=O)c2ccccc2)cc1. The van der Waals surface area contributed by atoms with Gasteiger partial charge in [0.2, 0.25) is 0 Å². The van der Waals surface area contributed by atoms with Gasteiger partial charge in [0, 0.05) is 4.90 Å². The summed E-state index contributed by atoms with van der Waals surface area (Å²) in [4.78, 5) is 14.4. The number of carbonyl (C=O) groups is 1. The summed E-state index contributed by atoms with van der Waals surface area (Å²) in [5.74, 6) is -0.510. The molecule has 36 heavy (non-hydrogen) atoms. The van der Waals surface area contributed by atoms with E-state index in [0.717, 1.165) is 16.0 Å². The molecular formula is C28H25N3O3S2. The summed E-state index contributed by atoms with van der Waals surface area (Å²) in [5, 5.41) is 4.08. The van der Waals surface area contributed by atoms with Crippen LogP contribution in [0.4, 0.5) is 5.69 Å². The second-order valence-electron chi connectivity index (χ2n) is 7.80. The summed E-state index contributed by atoms with van der Waals surface area (Å²) in [5.41, 5.74) is 4.62. The molecule has 0 fully saturated rings. The van der Waals surface area contributed by atoms with Crippen LogP contribution in [-0.2, 0) is 16.6 Å². The first-order chi connectivity index (χ1) is 17.5. The van der Waals surface area contributed by atoms with Crippen LogP contribution >= 0.6 is 11.8 Å². The molecule has 8 heteroatoms. The number of thioether (sulfide) groups is 1. The molecule has 0 atom stereocenters. The van der Waals surface area contributed by atoms with Crippen molar-refractivity contribution in [2.75, 3.05) is 10.6 Å². The number of benzene rings is 4. The van der Waals surface area contributed by atoms with E-state index in [1.165, 1.54) is 4.31 Å². The average molecular weight is 516 g/mol. The lowest BCUT2D eigenvalue weighted by Crippen LogP contribution is -2.33. The number of anilines is 1. The Kier molecular flexibility index (Phi) is 8.20. The van der Waals surface area contributed by atoms with Crippen molar-refractivity contribution in [3.05, 3.63) is 126 Å². The molecular weight excluding hydrogens is 490 g/mol. The van der Waals surface area contributed by atoms with Gasteiger partial charge in [-0.2, -0.15) is 5.10 Å². The molecule has 4 rings (SSSR count). The van der Waals surface area contributed by atoms with Crippen molar-refractivity contribution >= 4 is 39.6 Å². The highest BCUT2D eigenvalue weighted by Gasteiger charge is 2.28. The monoisotopic (exact) mass is 515 g/mol. The highest BCUT2D eigenvalue weighted by molar-refractivity contribution is 7.98. The van der Waals surface area contributed by atoms with Gasteiger partial charge in [0.05, 0.1) is 28.9 Å². The predicted octanol–water partition coefficient (Wildman–Crippen LogP) is 5.57. The zero-order valence-corrected chi connectivity index (χ0v) is 21.2. The van der Waals surface area contributed by atoms with E-state index in [0.29, 0.717) is 0 Å². The Hall–Kier alpha value is -3.88. The first kappa shape index (κ1) is 25.2. The Balaban J connectivity index is 1.66. The van der Waals surface area contributed by atoms with Crippen molar-refractivity contribution in [3.8, 4) is 0 Å². The van der Waals surface area contributed by atoms with Crippen molar-refractivity contribution < 1.29 is 13.2 Å². The third-order valence-corrected chi connectivity index (χ3v) is 7.93. The van der Waals surface area contributed by atoms with E-state index in [2.05, 4.69) is 10.5 Å². The Labute approximate surface area is 215 Å². The van der Waals surface area contributed by atoms with Gasteiger partial charge >= 0.3 is 0 Å². The standard InChI is InChI=1S/C28H25N3O3S2/c1-35-24-18-16-22(17-19-24)20-29-30-28(32)26-14-8-9-15-27(26)31(21-23-10-4-2-5-11-23)36(33,34)25-12-6-3-7-13-25/h2-20H,21H2,1H3,(H,30,32)/b29-20-. The van der Waals surface area contributed by atoms with Gasteiger partial charge in [-0.3, -0.25) is 9.10 Å². The van der Waals surface area contributed by atoms with Gasteiger partial charge in [0.25, 0.3) is 15.9 Å². The van der Waals surface area contributed by atoms with Gasteiger partial charge in [0.1, 0.15) is 0 Å². The first-order valence-corrected chi connectivity index (χ1v) is 13.8. The minimum atomic E-state index is -3.97. The summed E-state index contributed by atoms with van der Waals surface area (Å²) < 4.78 is 28.7. The molecule has 1 amide bonds. The van der Waals surface area contributed by atoms with E-state index < -0.39 is 15.9 Å². The number of hydrogen-bond donors (Lipinski definition) is 1.